The van der Waals surface area contributed by atoms with Crippen molar-refractivity contribution in [2.75, 3.05) is 0 Å². The number of hydrogen-bond donors (Lipinski definition) is 1. The molecule has 0 spiro atoms. The second kappa shape index (κ2) is 5.48. The fourth-order valence-electron chi connectivity index (χ4n) is 1.000. The zero-order chi connectivity index (χ0) is 9.26. The Morgan fingerprint density at radius 3 is 2.33 bits per heavy atom. The maximum absolute atomic E-state index is 10.7. The molecular weight excluding hydrogens is 241 g/mol. The molecule has 0 radical (unpaired) electrons. The van der Waals surface area contributed by atoms with Gasteiger partial charge in [-0.15, -0.1) is 24.8 Å². The molecule has 0 aliphatic carbocycles. The summed E-state index contributed by atoms with van der Waals surface area (Å²) in [7, 11) is 0. The second-order valence-corrected chi connectivity index (χ2v) is 2.51. The fraction of sp³-hybridized carbons (Fsp3) is 0. The van der Waals surface area contributed by atoms with Gasteiger partial charge in [0.25, 0.3) is 5.91 Å². The zero-order valence-electron chi connectivity index (χ0n) is 7.51. The molecular formula is C9H9Cl2NO3. The molecule has 2 rings (SSSR count). The highest BCUT2D eigenvalue weighted by molar-refractivity contribution is 5.90. The molecule has 1 aliphatic rings. The van der Waals surface area contributed by atoms with Crippen LogP contribution in [0.2, 0.25) is 0 Å². The van der Waals surface area contributed by atoms with Gasteiger partial charge in [-0.2, -0.15) is 0 Å². The smallest absolute Gasteiger partial charge is 0.287 e. The predicted molar refractivity (Wildman–Crippen MR) is 59.5 cm³/mol. The predicted octanol–water partition coefficient (Wildman–Crippen LogP) is 1.63. The van der Waals surface area contributed by atoms with E-state index < -0.39 is 5.91 Å². The van der Waals surface area contributed by atoms with Crippen molar-refractivity contribution in [3.05, 3.63) is 36.3 Å². The molecule has 1 aliphatic heterocycles. The van der Waals surface area contributed by atoms with Gasteiger partial charge in [-0.25, -0.2) is 0 Å². The normalized spacial score (nSPS) is 11.6. The van der Waals surface area contributed by atoms with Crippen molar-refractivity contribution >= 4 is 30.7 Å². The van der Waals surface area contributed by atoms with Crippen LogP contribution in [0.25, 0.3) is 0 Å². The van der Waals surface area contributed by atoms with Crippen molar-refractivity contribution in [2.45, 2.75) is 0 Å². The number of amides is 1. The van der Waals surface area contributed by atoms with Crippen molar-refractivity contribution < 1.29 is 14.3 Å². The van der Waals surface area contributed by atoms with Gasteiger partial charge in [0.2, 0.25) is 5.76 Å². The van der Waals surface area contributed by atoms with Crippen molar-refractivity contribution in [3.8, 4) is 11.5 Å². The first-order valence-electron chi connectivity index (χ1n) is 3.71. The van der Waals surface area contributed by atoms with E-state index in [1.54, 1.807) is 18.2 Å². The van der Waals surface area contributed by atoms with Gasteiger partial charge in [0.15, 0.2) is 11.5 Å². The van der Waals surface area contributed by atoms with Gasteiger partial charge in [0.1, 0.15) is 6.26 Å². The minimum atomic E-state index is -0.644. The van der Waals surface area contributed by atoms with Gasteiger partial charge in [-0.1, -0.05) is 12.1 Å². The van der Waals surface area contributed by atoms with Crippen LogP contribution in [0.15, 0.2) is 36.3 Å². The van der Waals surface area contributed by atoms with Crippen molar-refractivity contribution in [2.24, 2.45) is 5.73 Å². The van der Waals surface area contributed by atoms with Gasteiger partial charge >= 0.3 is 0 Å². The van der Waals surface area contributed by atoms with Gasteiger partial charge in [0.05, 0.1) is 0 Å². The molecule has 1 aromatic carbocycles. The SMILES string of the molecule is Cl.Cl.NC(=O)C1=COc2ccccc2O1. The number of fused-ring (bicyclic) bond motifs is 1. The molecule has 4 nitrogen and oxygen atoms in total. The third kappa shape index (κ3) is 2.78. The van der Waals surface area contributed by atoms with Crippen molar-refractivity contribution in [1.82, 2.24) is 0 Å². The summed E-state index contributed by atoms with van der Waals surface area (Å²) in [4.78, 5) is 10.7. The number of carbonyl (C=O) groups excluding carboxylic acids is 1. The van der Waals surface area contributed by atoms with Crippen LogP contribution in [0.3, 0.4) is 0 Å². The maximum atomic E-state index is 10.7. The van der Waals surface area contributed by atoms with E-state index in [-0.39, 0.29) is 30.6 Å². The van der Waals surface area contributed by atoms with Gasteiger partial charge in [0, 0.05) is 0 Å². The Morgan fingerprint density at radius 1 is 1.13 bits per heavy atom. The maximum Gasteiger partial charge on any atom is 0.287 e. The third-order valence-corrected chi connectivity index (χ3v) is 1.60. The van der Waals surface area contributed by atoms with Crippen LogP contribution in [0, 0.1) is 0 Å². The van der Waals surface area contributed by atoms with E-state index in [2.05, 4.69) is 0 Å². The summed E-state index contributed by atoms with van der Waals surface area (Å²) in [5, 5.41) is 0. The van der Waals surface area contributed by atoms with Crippen LogP contribution in [-0.4, -0.2) is 5.91 Å². The van der Waals surface area contributed by atoms with Crippen molar-refractivity contribution in [3.63, 3.8) is 0 Å². The number of nitrogens with two attached hydrogens (primary N) is 1. The summed E-state index contributed by atoms with van der Waals surface area (Å²) in [6.45, 7) is 0. The lowest BCUT2D eigenvalue weighted by Crippen LogP contribution is -2.21. The standard InChI is InChI=1S/C9H7NO3.2ClH/c10-9(11)8-5-12-6-3-1-2-4-7(6)13-8;;/h1-5H,(H2,10,11);2*1H. The molecule has 0 aromatic heterocycles. The van der Waals surface area contributed by atoms with Crippen LogP contribution in [0.4, 0.5) is 0 Å². The Balaban J connectivity index is 0.000000980. The summed E-state index contributed by atoms with van der Waals surface area (Å²) in [5.74, 6) is 0.444. The molecule has 15 heavy (non-hydrogen) atoms. The number of primary amides is 1. The minimum Gasteiger partial charge on any atom is -0.457 e. The Morgan fingerprint density at radius 2 is 1.73 bits per heavy atom. The summed E-state index contributed by atoms with van der Waals surface area (Å²) in [6, 6.07) is 7.03. The molecule has 1 heterocycles. The molecule has 0 atom stereocenters. The van der Waals surface area contributed by atoms with Gasteiger partial charge in [-0.05, 0) is 12.1 Å². The number of carbonyl (C=O) groups is 1. The van der Waals surface area contributed by atoms with E-state index in [1.165, 1.54) is 6.26 Å². The van der Waals surface area contributed by atoms with Gasteiger partial charge in [-0.3, -0.25) is 4.79 Å². The van der Waals surface area contributed by atoms with E-state index >= 15 is 0 Å². The van der Waals surface area contributed by atoms with Crippen molar-refractivity contribution in [1.29, 1.82) is 0 Å². The van der Waals surface area contributed by atoms with E-state index in [0.29, 0.717) is 11.5 Å². The molecule has 1 amide bonds. The van der Waals surface area contributed by atoms with E-state index in [9.17, 15) is 4.79 Å². The molecule has 0 fully saturated rings. The minimum absolute atomic E-state index is 0. The molecule has 0 bridgehead atoms. The summed E-state index contributed by atoms with van der Waals surface area (Å²) in [6.07, 6.45) is 1.20. The molecule has 0 saturated heterocycles. The number of rotatable bonds is 1. The number of hydrogen-bond acceptors (Lipinski definition) is 3. The molecule has 0 saturated carbocycles. The lowest BCUT2D eigenvalue weighted by Gasteiger charge is -2.15. The first kappa shape index (κ1) is 13.6. The van der Waals surface area contributed by atoms with E-state index in [4.69, 9.17) is 15.2 Å². The summed E-state index contributed by atoms with van der Waals surface area (Å²) in [5.41, 5.74) is 5.01. The van der Waals surface area contributed by atoms with Crippen LogP contribution in [0.5, 0.6) is 11.5 Å². The monoisotopic (exact) mass is 249 g/mol. The zero-order valence-corrected chi connectivity index (χ0v) is 9.14. The highest BCUT2D eigenvalue weighted by Gasteiger charge is 2.16. The first-order chi connectivity index (χ1) is 6.27. The quantitative estimate of drug-likeness (QED) is 0.823. The Bertz CT molecular complexity index is 393. The number of para-hydroxylation sites is 2. The molecule has 2 N–H and O–H groups in total. The number of ether oxygens (including phenoxy) is 2. The average Bonchev–Trinajstić information content (AvgIpc) is 2.17. The Labute approximate surface area is 98.9 Å². The lowest BCUT2D eigenvalue weighted by molar-refractivity contribution is -0.116. The van der Waals surface area contributed by atoms with Crippen LogP contribution in [0.1, 0.15) is 0 Å². The Kier molecular flexibility index (Phi) is 4.97. The molecule has 1 aromatic rings. The first-order valence-corrected chi connectivity index (χ1v) is 3.71. The highest BCUT2D eigenvalue weighted by Crippen LogP contribution is 2.31. The summed E-state index contributed by atoms with van der Waals surface area (Å²) < 4.78 is 10.3. The topological polar surface area (TPSA) is 61.6 Å². The molecule has 6 heteroatoms. The van der Waals surface area contributed by atoms with Crippen LogP contribution < -0.4 is 15.2 Å². The highest BCUT2D eigenvalue weighted by atomic mass is 35.5. The van der Waals surface area contributed by atoms with Crippen LogP contribution >= 0.6 is 24.8 Å². The summed E-state index contributed by atoms with van der Waals surface area (Å²) >= 11 is 0. The largest absolute Gasteiger partial charge is 0.457 e. The lowest BCUT2D eigenvalue weighted by atomic mass is 10.3. The fourth-order valence-corrected chi connectivity index (χ4v) is 1.000. The molecule has 0 unspecified atom stereocenters. The number of benzene rings is 1. The van der Waals surface area contributed by atoms with E-state index in [0.717, 1.165) is 0 Å². The average molecular weight is 250 g/mol. The Hall–Kier alpha value is -1.39. The molecule has 82 valence electrons. The van der Waals surface area contributed by atoms with Crippen LogP contribution in [-0.2, 0) is 4.79 Å². The number of halogens is 2. The second-order valence-electron chi connectivity index (χ2n) is 2.51. The third-order valence-electron chi connectivity index (χ3n) is 1.60. The van der Waals surface area contributed by atoms with E-state index in [1.807, 2.05) is 6.07 Å². The van der Waals surface area contributed by atoms with Gasteiger partial charge < -0.3 is 15.2 Å².